The van der Waals surface area contributed by atoms with Gasteiger partial charge in [-0.05, 0) is 35.7 Å². The third kappa shape index (κ3) is 3.10. The molecule has 0 saturated carbocycles. The van der Waals surface area contributed by atoms with Gasteiger partial charge in [-0.3, -0.25) is 4.79 Å². The van der Waals surface area contributed by atoms with Crippen molar-refractivity contribution in [1.29, 1.82) is 0 Å². The number of hydrogen-bond acceptors (Lipinski definition) is 5. The molecule has 118 valence electrons. The predicted molar refractivity (Wildman–Crippen MR) is 87.8 cm³/mol. The highest BCUT2D eigenvalue weighted by Crippen LogP contribution is 2.27. The third-order valence-electron chi connectivity index (χ3n) is 3.52. The maximum Gasteiger partial charge on any atom is 0.263 e. The highest BCUT2D eigenvalue weighted by molar-refractivity contribution is 7.89. The van der Waals surface area contributed by atoms with Gasteiger partial charge in [-0.15, -0.1) is 22.7 Å². The van der Waals surface area contributed by atoms with Gasteiger partial charge < -0.3 is 5.32 Å². The molecule has 0 unspecified atom stereocenters. The standard InChI is InChI=1S/C14H16N2O3S3/c17-14(15-10-11-4-3-8-20-11)13-12(5-9-21-13)22(18,19)16-6-1-2-7-16/h3-5,8-9H,1-2,6-7,10H2,(H,15,17). The van der Waals surface area contributed by atoms with Crippen molar-refractivity contribution in [2.24, 2.45) is 0 Å². The van der Waals surface area contributed by atoms with E-state index in [1.165, 1.54) is 21.7 Å². The molecule has 1 N–H and O–H groups in total. The molecule has 1 fully saturated rings. The second kappa shape index (κ2) is 6.49. The quantitative estimate of drug-likeness (QED) is 0.895. The summed E-state index contributed by atoms with van der Waals surface area (Å²) < 4.78 is 26.7. The topological polar surface area (TPSA) is 66.5 Å². The molecular formula is C14H16N2O3S3. The molecule has 0 radical (unpaired) electrons. The summed E-state index contributed by atoms with van der Waals surface area (Å²) in [4.78, 5) is 13.7. The van der Waals surface area contributed by atoms with E-state index < -0.39 is 10.0 Å². The van der Waals surface area contributed by atoms with E-state index in [1.807, 2.05) is 17.5 Å². The van der Waals surface area contributed by atoms with Crippen LogP contribution in [0.15, 0.2) is 33.9 Å². The molecule has 3 rings (SSSR count). The Morgan fingerprint density at radius 3 is 2.64 bits per heavy atom. The van der Waals surface area contributed by atoms with E-state index in [0.29, 0.717) is 19.6 Å². The first-order valence-electron chi connectivity index (χ1n) is 6.97. The van der Waals surface area contributed by atoms with Crippen LogP contribution in [0.5, 0.6) is 0 Å². The summed E-state index contributed by atoms with van der Waals surface area (Å²) >= 11 is 2.72. The van der Waals surface area contributed by atoms with Crippen LogP contribution in [-0.4, -0.2) is 31.7 Å². The van der Waals surface area contributed by atoms with E-state index in [-0.39, 0.29) is 15.7 Å². The highest BCUT2D eigenvalue weighted by Gasteiger charge is 2.31. The molecule has 5 nitrogen and oxygen atoms in total. The van der Waals surface area contributed by atoms with E-state index in [1.54, 1.807) is 16.7 Å². The summed E-state index contributed by atoms with van der Waals surface area (Å²) in [6.45, 7) is 1.49. The first kappa shape index (κ1) is 15.7. The van der Waals surface area contributed by atoms with Crippen LogP contribution >= 0.6 is 22.7 Å². The molecule has 2 aromatic heterocycles. The Morgan fingerprint density at radius 2 is 1.95 bits per heavy atom. The number of nitrogens with zero attached hydrogens (tertiary/aromatic N) is 1. The molecule has 22 heavy (non-hydrogen) atoms. The summed E-state index contributed by atoms with van der Waals surface area (Å²) in [5, 5.41) is 6.39. The van der Waals surface area contributed by atoms with E-state index in [9.17, 15) is 13.2 Å². The van der Waals surface area contributed by atoms with Crippen LogP contribution in [0.25, 0.3) is 0 Å². The summed E-state index contributed by atoms with van der Waals surface area (Å²) in [7, 11) is -3.56. The van der Waals surface area contributed by atoms with Crippen LogP contribution in [0.4, 0.5) is 0 Å². The van der Waals surface area contributed by atoms with Gasteiger partial charge in [0.05, 0.1) is 6.54 Å². The molecule has 2 aromatic rings. The Morgan fingerprint density at radius 1 is 1.18 bits per heavy atom. The Labute approximate surface area is 137 Å². The largest absolute Gasteiger partial charge is 0.346 e. The van der Waals surface area contributed by atoms with Crippen LogP contribution in [0.1, 0.15) is 27.4 Å². The number of thiophene rings is 2. The first-order chi connectivity index (χ1) is 10.6. The van der Waals surface area contributed by atoms with Crippen molar-refractivity contribution < 1.29 is 13.2 Å². The third-order valence-corrected chi connectivity index (χ3v) is 7.38. The van der Waals surface area contributed by atoms with E-state index >= 15 is 0 Å². The number of amides is 1. The lowest BCUT2D eigenvalue weighted by molar-refractivity contribution is 0.0952. The zero-order chi connectivity index (χ0) is 15.6. The SMILES string of the molecule is O=C(NCc1cccs1)c1sccc1S(=O)(=O)N1CCCC1. The van der Waals surface area contributed by atoms with Crippen molar-refractivity contribution in [3.8, 4) is 0 Å². The summed E-state index contributed by atoms with van der Waals surface area (Å²) in [5.74, 6) is -0.332. The van der Waals surface area contributed by atoms with Gasteiger partial charge in [-0.25, -0.2) is 8.42 Å². The zero-order valence-corrected chi connectivity index (χ0v) is 14.3. The molecule has 0 bridgehead atoms. The number of hydrogen-bond donors (Lipinski definition) is 1. The van der Waals surface area contributed by atoms with Gasteiger partial charge in [-0.2, -0.15) is 4.31 Å². The molecule has 1 aliphatic rings. The Kier molecular flexibility index (Phi) is 4.62. The van der Waals surface area contributed by atoms with Gasteiger partial charge in [0.15, 0.2) is 0 Å². The van der Waals surface area contributed by atoms with E-state index in [2.05, 4.69) is 5.32 Å². The van der Waals surface area contributed by atoms with Crippen molar-refractivity contribution >= 4 is 38.6 Å². The predicted octanol–water partition coefficient (Wildman–Crippen LogP) is 2.52. The van der Waals surface area contributed by atoms with Gasteiger partial charge in [0, 0.05) is 18.0 Å². The molecule has 1 amide bonds. The monoisotopic (exact) mass is 356 g/mol. The molecule has 0 atom stereocenters. The number of nitrogens with one attached hydrogen (secondary N) is 1. The maximum atomic E-state index is 12.6. The van der Waals surface area contributed by atoms with Crippen LogP contribution < -0.4 is 5.32 Å². The Balaban J connectivity index is 1.78. The molecule has 0 spiro atoms. The first-order valence-corrected chi connectivity index (χ1v) is 10.2. The van der Waals surface area contributed by atoms with Crippen molar-refractivity contribution in [1.82, 2.24) is 9.62 Å². The fourth-order valence-electron chi connectivity index (χ4n) is 2.39. The molecule has 0 aromatic carbocycles. The Hall–Kier alpha value is -1.22. The van der Waals surface area contributed by atoms with Gasteiger partial charge in [-0.1, -0.05) is 6.07 Å². The second-order valence-electron chi connectivity index (χ2n) is 4.99. The lowest BCUT2D eigenvalue weighted by Crippen LogP contribution is -2.30. The van der Waals surface area contributed by atoms with Crippen LogP contribution in [-0.2, 0) is 16.6 Å². The van der Waals surface area contributed by atoms with Gasteiger partial charge in [0.25, 0.3) is 5.91 Å². The van der Waals surface area contributed by atoms with Crippen molar-refractivity contribution in [2.45, 2.75) is 24.3 Å². The Bertz CT molecular complexity index is 744. The van der Waals surface area contributed by atoms with Crippen molar-refractivity contribution in [3.05, 3.63) is 38.7 Å². The molecule has 3 heterocycles. The minimum Gasteiger partial charge on any atom is -0.346 e. The minimum absolute atomic E-state index is 0.128. The van der Waals surface area contributed by atoms with Crippen molar-refractivity contribution in [3.63, 3.8) is 0 Å². The molecule has 1 saturated heterocycles. The fourth-order valence-corrected chi connectivity index (χ4v) is 5.87. The van der Waals surface area contributed by atoms with E-state index in [0.717, 1.165) is 17.7 Å². The van der Waals surface area contributed by atoms with E-state index in [4.69, 9.17) is 0 Å². The molecule has 0 aliphatic carbocycles. The van der Waals surface area contributed by atoms with Gasteiger partial charge >= 0.3 is 0 Å². The summed E-state index contributed by atoms with van der Waals surface area (Å²) in [6, 6.07) is 5.38. The summed E-state index contributed by atoms with van der Waals surface area (Å²) in [5.41, 5.74) is 0. The number of carbonyl (C=O) groups is 1. The maximum absolute atomic E-state index is 12.6. The van der Waals surface area contributed by atoms with Gasteiger partial charge in [0.2, 0.25) is 10.0 Å². The average molecular weight is 356 g/mol. The molecule has 8 heteroatoms. The normalized spacial score (nSPS) is 16.0. The minimum atomic E-state index is -3.56. The lowest BCUT2D eigenvalue weighted by Gasteiger charge is -2.15. The molecular weight excluding hydrogens is 340 g/mol. The fraction of sp³-hybridized carbons (Fsp3) is 0.357. The van der Waals surface area contributed by atoms with Crippen LogP contribution in [0.2, 0.25) is 0 Å². The van der Waals surface area contributed by atoms with Gasteiger partial charge in [0.1, 0.15) is 9.77 Å². The smallest absolute Gasteiger partial charge is 0.263 e. The highest BCUT2D eigenvalue weighted by atomic mass is 32.2. The van der Waals surface area contributed by atoms with Crippen LogP contribution in [0, 0.1) is 0 Å². The average Bonchev–Trinajstić information content (AvgIpc) is 3.26. The number of sulfonamides is 1. The number of rotatable bonds is 5. The number of carbonyl (C=O) groups excluding carboxylic acids is 1. The lowest BCUT2D eigenvalue weighted by atomic mass is 10.4. The van der Waals surface area contributed by atoms with Crippen LogP contribution in [0.3, 0.4) is 0 Å². The zero-order valence-electron chi connectivity index (χ0n) is 11.8. The van der Waals surface area contributed by atoms with Crippen molar-refractivity contribution in [2.75, 3.05) is 13.1 Å². The summed E-state index contributed by atoms with van der Waals surface area (Å²) in [6.07, 6.45) is 1.76. The second-order valence-corrected chi connectivity index (χ2v) is 8.84. The molecule has 1 aliphatic heterocycles.